The highest BCUT2D eigenvalue weighted by atomic mass is 32.2. The second-order valence-electron chi connectivity index (χ2n) is 11.6. The van der Waals surface area contributed by atoms with Gasteiger partial charge in [-0.3, -0.25) is 4.98 Å². The molecule has 5 aromatic carbocycles. The molecule has 200 valence electrons. The maximum absolute atomic E-state index is 5.00. The molecule has 0 saturated carbocycles. The summed E-state index contributed by atoms with van der Waals surface area (Å²) >= 11 is 3.77. The molecule has 2 aliphatic rings. The van der Waals surface area contributed by atoms with Gasteiger partial charge in [0.25, 0.3) is 0 Å². The predicted molar refractivity (Wildman–Crippen MR) is 176 cm³/mol. The summed E-state index contributed by atoms with van der Waals surface area (Å²) in [5.74, 6) is 0. The van der Waals surface area contributed by atoms with Gasteiger partial charge in [-0.2, -0.15) is 0 Å². The highest BCUT2D eigenvalue weighted by Crippen LogP contribution is 2.56. The molecule has 2 nitrogen and oxygen atoms in total. The van der Waals surface area contributed by atoms with Crippen LogP contribution in [0.4, 0.5) is 0 Å². The highest BCUT2D eigenvalue weighted by molar-refractivity contribution is 8.05. The molecule has 0 fully saturated rings. The number of nitrogens with zero attached hydrogens (tertiary/aromatic N) is 2. The zero-order valence-electron chi connectivity index (χ0n) is 23.3. The van der Waals surface area contributed by atoms with E-state index in [1.54, 1.807) is 0 Å². The molecule has 0 radical (unpaired) electrons. The Balaban J connectivity index is 1.39. The minimum atomic E-state index is -0.135. The van der Waals surface area contributed by atoms with Crippen molar-refractivity contribution in [3.63, 3.8) is 0 Å². The third-order valence-electron chi connectivity index (χ3n) is 8.88. The van der Waals surface area contributed by atoms with Crippen LogP contribution in [-0.4, -0.2) is 9.55 Å². The van der Waals surface area contributed by atoms with Crippen molar-refractivity contribution in [2.45, 2.75) is 38.8 Å². The van der Waals surface area contributed by atoms with Gasteiger partial charge in [0.05, 0.1) is 33.5 Å². The van der Waals surface area contributed by atoms with Crippen LogP contribution in [0.1, 0.15) is 25.0 Å². The topological polar surface area (TPSA) is 17.8 Å². The van der Waals surface area contributed by atoms with Gasteiger partial charge in [-0.1, -0.05) is 122 Å². The van der Waals surface area contributed by atoms with Gasteiger partial charge in [0.1, 0.15) is 0 Å². The number of aromatic nitrogens is 2. The van der Waals surface area contributed by atoms with Gasteiger partial charge in [0.2, 0.25) is 0 Å². The molecule has 0 bridgehead atoms. The van der Waals surface area contributed by atoms with Crippen molar-refractivity contribution < 1.29 is 0 Å². The van der Waals surface area contributed by atoms with Crippen molar-refractivity contribution in [3.05, 3.63) is 133 Å². The van der Waals surface area contributed by atoms with Crippen LogP contribution < -0.4 is 0 Å². The molecule has 1 aliphatic heterocycles. The first-order chi connectivity index (χ1) is 20.6. The average Bonchev–Trinajstić information content (AvgIpc) is 3.50. The molecule has 0 amide bonds. The first kappa shape index (κ1) is 24.4. The van der Waals surface area contributed by atoms with Crippen molar-refractivity contribution in [3.8, 4) is 28.1 Å². The summed E-state index contributed by atoms with van der Waals surface area (Å²) in [4.78, 5) is 10.3. The lowest BCUT2D eigenvalue weighted by Crippen LogP contribution is -2.16. The maximum Gasteiger partial charge on any atom is 0.0703 e. The van der Waals surface area contributed by atoms with E-state index < -0.39 is 0 Å². The minimum Gasteiger partial charge on any atom is -0.306 e. The number of fused-ring (bicyclic) bond motifs is 10. The molecule has 1 aliphatic carbocycles. The van der Waals surface area contributed by atoms with Crippen LogP contribution >= 0.6 is 23.5 Å². The summed E-state index contributed by atoms with van der Waals surface area (Å²) in [6, 6.07) is 41.9. The van der Waals surface area contributed by atoms with Crippen LogP contribution in [0.2, 0.25) is 0 Å². The smallest absolute Gasteiger partial charge is 0.0703 e. The molecule has 0 saturated heterocycles. The Labute approximate surface area is 253 Å². The number of hydrogen-bond donors (Lipinski definition) is 0. The maximum atomic E-state index is 5.00. The standard InChI is InChI=1S/C38H26N2S2/c1-38(2)29-13-7-6-12-25(29)26-17-18-27-28-19-21-33-37(42-32-15-9-8-14-31(32)41-33)36(28)40(35(27)34(26)38)24-16-20-30(39-22-24)23-10-4-3-5-11-23/h3-22H,1-2H3. The fraction of sp³-hybridized carbons (Fsp3) is 0.0789. The van der Waals surface area contributed by atoms with E-state index in [0.29, 0.717) is 0 Å². The number of benzene rings is 5. The second kappa shape index (κ2) is 8.87. The van der Waals surface area contributed by atoms with E-state index in [1.807, 2.05) is 29.6 Å². The number of pyridine rings is 1. The van der Waals surface area contributed by atoms with Crippen LogP contribution in [0.3, 0.4) is 0 Å². The van der Waals surface area contributed by atoms with E-state index in [4.69, 9.17) is 4.98 Å². The molecule has 42 heavy (non-hydrogen) atoms. The van der Waals surface area contributed by atoms with Crippen LogP contribution in [-0.2, 0) is 5.41 Å². The minimum absolute atomic E-state index is 0.135. The second-order valence-corrected chi connectivity index (χ2v) is 13.7. The zero-order valence-corrected chi connectivity index (χ0v) is 24.9. The fourth-order valence-electron chi connectivity index (χ4n) is 6.98. The lowest BCUT2D eigenvalue weighted by molar-refractivity contribution is 0.664. The monoisotopic (exact) mass is 574 g/mol. The predicted octanol–water partition coefficient (Wildman–Crippen LogP) is 10.8. The summed E-state index contributed by atoms with van der Waals surface area (Å²) in [6.45, 7) is 4.76. The van der Waals surface area contributed by atoms with Gasteiger partial charge in [-0.05, 0) is 52.6 Å². The van der Waals surface area contributed by atoms with Crippen LogP contribution in [0.25, 0.3) is 49.9 Å². The van der Waals surface area contributed by atoms with E-state index in [2.05, 4.69) is 134 Å². The molecule has 0 atom stereocenters. The normalized spacial score (nSPS) is 14.4. The van der Waals surface area contributed by atoms with E-state index in [9.17, 15) is 0 Å². The summed E-state index contributed by atoms with van der Waals surface area (Å²) < 4.78 is 2.51. The average molecular weight is 575 g/mol. The molecule has 3 heterocycles. The Morgan fingerprint density at radius 3 is 2.12 bits per heavy atom. The lowest BCUT2D eigenvalue weighted by atomic mass is 9.81. The fourth-order valence-corrected chi connectivity index (χ4v) is 9.36. The van der Waals surface area contributed by atoms with Crippen molar-refractivity contribution >= 4 is 45.3 Å². The van der Waals surface area contributed by atoms with Crippen LogP contribution in [0.15, 0.2) is 141 Å². The Morgan fingerprint density at radius 2 is 1.31 bits per heavy atom. The van der Waals surface area contributed by atoms with Gasteiger partial charge >= 0.3 is 0 Å². The van der Waals surface area contributed by atoms with Gasteiger partial charge in [-0.25, -0.2) is 0 Å². The molecular formula is C38H26N2S2. The molecular weight excluding hydrogens is 549 g/mol. The summed E-state index contributed by atoms with van der Waals surface area (Å²) in [7, 11) is 0. The van der Waals surface area contributed by atoms with E-state index in [0.717, 1.165) is 16.9 Å². The van der Waals surface area contributed by atoms with Crippen molar-refractivity contribution in [1.29, 1.82) is 0 Å². The summed E-state index contributed by atoms with van der Waals surface area (Å²) in [6.07, 6.45) is 2.06. The SMILES string of the molecule is CC1(C)c2ccccc2-c2ccc3c4ccc5c(c4n(-c4ccc(-c6ccccc6)nc4)c3c21)Sc1ccccc1S5. The molecule has 7 aromatic rings. The van der Waals surface area contributed by atoms with E-state index in [1.165, 1.54) is 63.6 Å². The van der Waals surface area contributed by atoms with Crippen molar-refractivity contribution in [1.82, 2.24) is 9.55 Å². The van der Waals surface area contributed by atoms with Gasteiger partial charge in [0, 0.05) is 36.4 Å². The molecule has 9 rings (SSSR count). The Hall–Kier alpha value is -4.25. The third-order valence-corrected chi connectivity index (χ3v) is 11.5. The van der Waals surface area contributed by atoms with Crippen molar-refractivity contribution in [2.75, 3.05) is 0 Å². The van der Waals surface area contributed by atoms with Gasteiger partial charge < -0.3 is 4.57 Å². The molecule has 0 unspecified atom stereocenters. The summed E-state index contributed by atoms with van der Waals surface area (Å²) in [5.41, 5.74) is 11.1. The highest BCUT2D eigenvalue weighted by Gasteiger charge is 2.39. The number of rotatable bonds is 2. The third kappa shape index (κ3) is 3.34. The van der Waals surface area contributed by atoms with Gasteiger partial charge in [0.15, 0.2) is 0 Å². The van der Waals surface area contributed by atoms with Crippen LogP contribution in [0.5, 0.6) is 0 Å². The van der Waals surface area contributed by atoms with Crippen molar-refractivity contribution in [2.24, 2.45) is 0 Å². The first-order valence-corrected chi connectivity index (χ1v) is 15.9. The van der Waals surface area contributed by atoms with E-state index >= 15 is 0 Å². The Morgan fingerprint density at radius 1 is 0.595 bits per heavy atom. The Kier molecular flexibility index (Phi) is 5.15. The number of hydrogen-bond acceptors (Lipinski definition) is 3. The van der Waals surface area contributed by atoms with Gasteiger partial charge in [-0.15, -0.1) is 0 Å². The summed E-state index contributed by atoms with van der Waals surface area (Å²) in [5, 5.41) is 2.59. The first-order valence-electron chi connectivity index (χ1n) is 14.3. The largest absolute Gasteiger partial charge is 0.306 e. The zero-order chi connectivity index (χ0) is 28.0. The Bertz CT molecular complexity index is 2210. The molecule has 2 aromatic heterocycles. The molecule has 4 heteroatoms. The molecule has 0 spiro atoms. The van der Waals surface area contributed by atoms with Crippen LogP contribution in [0, 0.1) is 0 Å². The van der Waals surface area contributed by atoms with E-state index in [-0.39, 0.29) is 5.41 Å². The quantitative estimate of drug-likeness (QED) is 0.204. The molecule has 0 N–H and O–H groups in total. The lowest BCUT2D eigenvalue weighted by Gasteiger charge is -2.24.